The Labute approximate surface area is 190 Å². The highest BCUT2D eigenvalue weighted by Crippen LogP contribution is 2.24. The molecule has 0 aliphatic carbocycles. The number of aromatic amines is 1. The van der Waals surface area contributed by atoms with Gasteiger partial charge in [-0.05, 0) is 29.0 Å². The summed E-state index contributed by atoms with van der Waals surface area (Å²) in [6.07, 6.45) is 1.23. The van der Waals surface area contributed by atoms with E-state index in [1.165, 1.54) is 13.0 Å². The molecule has 5 rings (SSSR count). The molecule has 1 aromatic carbocycles. The Morgan fingerprint density at radius 3 is 2.82 bits per heavy atom. The molecule has 0 saturated carbocycles. The van der Waals surface area contributed by atoms with Crippen LogP contribution >= 0.6 is 0 Å². The fraction of sp³-hybridized carbons (Fsp3) is 0.200. The smallest absolute Gasteiger partial charge is 0.270 e. The average Bonchev–Trinajstić information content (AvgIpc) is 3.45. The number of halogens is 1. The van der Waals surface area contributed by atoms with E-state index in [1.807, 2.05) is 0 Å². The number of nitrogens with two attached hydrogens (primary N) is 1. The minimum atomic E-state index is -0.725. The van der Waals surface area contributed by atoms with Crippen LogP contribution in [-0.4, -0.2) is 59.3 Å². The van der Waals surface area contributed by atoms with Gasteiger partial charge in [-0.3, -0.25) is 14.4 Å². The minimum absolute atomic E-state index is 0.00853. The van der Waals surface area contributed by atoms with Crippen LogP contribution in [0.3, 0.4) is 0 Å². The number of nitrogens with zero attached hydrogens (tertiary/aromatic N) is 6. The third kappa shape index (κ3) is 4.85. The van der Waals surface area contributed by atoms with Gasteiger partial charge in [0, 0.05) is 25.5 Å². The van der Waals surface area contributed by atoms with Crippen molar-refractivity contribution in [3.8, 4) is 5.75 Å². The Morgan fingerprint density at radius 1 is 1.32 bits per heavy atom. The molecule has 0 saturated heterocycles. The summed E-state index contributed by atoms with van der Waals surface area (Å²) in [6, 6.07) is 6.60. The van der Waals surface area contributed by atoms with Crippen molar-refractivity contribution in [1.82, 2.24) is 40.5 Å². The molecule has 1 aliphatic rings. The number of carbonyl (C=O) groups excluding carboxylic acids is 3. The number of tetrazole rings is 1. The van der Waals surface area contributed by atoms with Gasteiger partial charge in [-0.2, -0.15) is 10.3 Å². The van der Waals surface area contributed by atoms with Gasteiger partial charge >= 0.3 is 0 Å². The molecule has 0 spiro atoms. The number of hydrogen-bond acceptors (Lipinski definition) is 10. The van der Waals surface area contributed by atoms with Crippen molar-refractivity contribution in [2.75, 3.05) is 12.3 Å². The third-order valence-corrected chi connectivity index (χ3v) is 4.74. The van der Waals surface area contributed by atoms with Gasteiger partial charge in [0.05, 0.1) is 6.20 Å². The average molecular weight is 467 g/mol. The number of amides is 1. The molecular weight excluding hydrogens is 449 g/mol. The third-order valence-electron chi connectivity index (χ3n) is 4.74. The van der Waals surface area contributed by atoms with Crippen LogP contribution in [0.4, 0.5) is 10.3 Å². The second-order valence-corrected chi connectivity index (χ2v) is 7.21. The maximum absolute atomic E-state index is 13.8. The molecule has 34 heavy (non-hydrogen) atoms. The highest BCUT2D eigenvalue weighted by Gasteiger charge is 2.19. The Bertz CT molecular complexity index is 1380. The highest BCUT2D eigenvalue weighted by molar-refractivity contribution is 5.98. The van der Waals surface area contributed by atoms with E-state index in [0.29, 0.717) is 5.75 Å². The molecule has 13 nitrogen and oxygen atoms in total. The van der Waals surface area contributed by atoms with E-state index in [-0.39, 0.29) is 54.1 Å². The largest absolute Gasteiger partial charge is 0.486 e. The second-order valence-electron chi connectivity index (χ2n) is 7.21. The Kier molecular flexibility index (Phi) is 6.20. The summed E-state index contributed by atoms with van der Waals surface area (Å²) in [4.78, 5) is 39.8. The first-order valence-electron chi connectivity index (χ1n) is 9.90. The number of nitrogen functional groups attached to an aromatic ring is 1. The van der Waals surface area contributed by atoms with Crippen molar-refractivity contribution < 1.29 is 23.5 Å². The van der Waals surface area contributed by atoms with Gasteiger partial charge in [0.15, 0.2) is 23.0 Å². The van der Waals surface area contributed by atoms with Crippen LogP contribution in [0, 0.1) is 5.82 Å². The molecule has 4 heterocycles. The quantitative estimate of drug-likeness (QED) is 0.352. The summed E-state index contributed by atoms with van der Waals surface area (Å²) in [5.74, 6) is -0.832. The molecule has 0 bridgehead atoms. The molecule has 174 valence electrons. The number of ketones is 2. The molecule has 14 heteroatoms. The first-order valence-corrected chi connectivity index (χ1v) is 9.90. The predicted octanol–water partition coefficient (Wildman–Crippen LogP) is 0.287. The van der Waals surface area contributed by atoms with E-state index in [9.17, 15) is 18.8 Å². The van der Waals surface area contributed by atoms with Crippen molar-refractivity contribution >= 4 is 29.1 Å². The summed E-state index contributed by atoms with van der Waals surface area (Å²) in [5, 5.41) is 18.5. The van der Waals surface area contributed by atoms with Gasteiger partial charge < -0.3 is 15.8 Å². The molecular formula is C20H18FN9O4. The Hall–Kier alpha value is -4.75. The fourth-order valence-electron chi connectivity index (χ4n) is 3.19. The van der Waals surface area contributed by atoms with Crippen molar-refractivity contribution in [2.45, 2.75) is 19.9 Å². The van der Waals surface area contributed by atoms with Crippen LogP contribution in [0.25, 0.3) is 5.65 Å². The number of hydrogen-bond donors (Lipinski definition) is 3. The van der Waals surface area contributed by atoms with E-state index in [1.54, 1.807) is 18.2 Å². The van der Waals surface area contributed by atoms with Crippen LogP contribution in [0.15, 0.2) is 30.5 Å². The first kappa shape index (κ1) is 22.4. The number of anilines is 1. The lowest BCUT2D eigenvalue weighted by Gasteiger charge is -2.17. The number of rotatable bonds is 4. The maximum Gasteiger partial charge on any atom is 0.270 e. The number of fused-ring (bicyclic) bond motifs is 2. The Balaban J connectivity index is 0.000000398. The zero-order valence-electron chi connectivity index (χ0n) is 17.8. The summed E-state index contributed by atoms with van der Waals surface area (Å²) >= 11 is 0. The summed E-state index contributed by atoms with van der Waals surface area (Å²) in [5.41, 5.74) is 6.28. The molecule has 0 radical (unpaired) electrons. The van der Waals surface area contributed by atoms with Gasteiger partial charge in [0.25, 0.3) is 11.9 Å². The topological polar surface area (TPSA) is 183 Å². The minimum Gasteiger partial charge on any atom is -0.486 e. The van der Waals surface area contributed by atoms with Crippen molar-refractivity contribution in [1.29, 1.82) is 0 Å². The van der Waals surface area contributed by atoms with Crippen molar-refractivity contribution in [3.05, 3.63) is 58.8 Å². The molecule has 0 fully saturated rings. The number of nitrogens with one attached hydrogen (secondary N) is 2. The number of benzene rings is 1. The number of aromatic nitrogens is 7. The lowest BCUT2D eigenvalue weighted by molar-refractivity contribution is -0.121. The van der Waals surface area contributed by atoms with Crippen LogP contribution in [-0.2, 0) is 17.8 Å². The second kappa shape index (κ2) is 9.40. The number of ether oxygens (including phenoxy) is 1. The predicted molar refractivity (Wildman–Crippen MR) is 113 cm³/mol. The summed E-state index contributed by atoms with van der Waals surface area (Å²) in [6.45, 7) is 1.54. The van der Waals surface area contributed by atoms with Crippen LogP contribution in [0.5, 0.6) is 5.75 Å². The van der Waals surface area contributed by atoms with E-state index >= 15 is 0 Å². The molecule has 1 amide bonds. The molecule has 0 unspecified atom stereocenters. The standard InChI is InChI=1S/C19H15FN4O4.CH3N5/c1-10(25)16-6-15(23-18-14(20)8-22-24(16)18)19(27)21-7-11-2-3-17-12(4-11)5-13(26)9-28-17;2-1-3-5-6-4-1/h2-4,6,8H,5,7,9H2,1H3,(H,21,27);(H3,2,3,4,5,6). The van der Waals surface area contributed by atoms with Gasteiger partial charge in [-0.15, -0.1) is 5.10 Å². The monoisotopic (exact) mass is 467 g/mol. The molecule has 1 aliphatic heterocycles. The highest BCUT2D eigenvalue weighted by atomic mass is 19.1. The number of H-pyrrole nitrogens is 1. The van der Waals surface area contributed by atoms with E-state index < -0.39 is 11.7 Å². The van der Waals surface area contributed by atoms with Crippen molar-refractivity contribution in [3.63, 3.8) is 0 Å². The van der Waals surface area contributed by atoms with Crippen LogP contribution in [0.2, 0.25) is 0 Å². The van der Waals surface area contributed by atoms with Crippen LogP contribution in [0.1, 0.15) is 39.0 Å². The summed E-state index contributed by atoms with van der Waals surface area (Å²) < 4.78 is 20.3. The number of Topliss-reactive ketones (excluding diaryl/α,β-unsaturated/α-hetero) is 2. The molecule has 4 aromatic rings. The zero-order chi connectivity index (χ0) is 24.2. The van der Waals surface area contributed by atoms with Gasteiger partial charge in [0.1, 0.15) is 23.7 Å². The van der Waals surface area contributed by atoms with Crippen LogP contribution < -0.4 is 15.8 Å². The SMILES string of the molecule is CC(=O)c1cc(C(=O)NCc2ccc3c(c2)CC(=O)CO3)nc2c(F)cnn12.Nc1nn[nH]n1. The zero-order valence-corrected chi connectivity index (χ0v) is 17.8. The van der Waals surface area contributed by atoms with E-state index in [2.05, 4.69) is 36.0 Å². The normalized spacial score (nSPS) is 12.4. The fourth-order valence-corrected chi connectivity index (χ4v) is 3.19. The lowest BCUT2D eigenvalue weighted by atomic mass is 10.0. The van der Waals surface area contributed by atoms with E-state index in [0.717, 1.165) is 21.8 Å². The Morgan fingerprint density at radius 2 is 2.15 bits per heavy atom. The van der Waals surface area contributed by atoms with Gasteiger partial charge in [-0.25, -0.2) is 13.9 Å². The molecule has 4 N–H and O–H groups in total. The molecule has 3 aromatic heterocycles. The lowest BCUT2D eigenvalue weighted by Crippen LogP contribution is -2.25. The maximum atomic E-state index is 13.8. The first-order chi connectivity index (χ1) is 16.3. The number of carbonyl (C=O) groups is 3. The van der Waals surface area contributed by atoms with E-state index in [4.69, 9.17) is 10.5 Å². The van der Waals surface area contributed by atoms with Gasteiger partial charge in [0.2, 0.25) is 0 Å². The van der Waals surface area contributed by atoms with Gasteiger partial charge in [-0.1, -0.05) is 11.2 Å². The summed E-state index contributed by atoms with van der Waals surface area (Å²) in [7, 11) is 0. The molecule has 0 atom stereocenters. The van der Waals surface area contributed by atoms with Crippen molar-refractivity contribution in [2.24, 2.45) is 0 Å².